The van der Waals surface area contributed by atoms with Crippen molar-refractivity contribution in [3.63, 3.8) is 0 Å². The Morgan fingerprint density at radius 1 is 1.21 bits per heavy atom. The normalized spacial score (nSPS) is 10.7. The van der Waals surface area contributed by atoms with Crippen LogP contribution in [-0.2, 0) is 17.8 Å². The highest BCUT2D eigenvalue weighted by Crippen LogP contribution is 2.20. The number of carbonyl (C=O) groups excluding carboxylic acids is 1. The molecule has 0 unspecified atom stereocenters. The van der Waals surface area contributed by atoms with Crippen LogP contribution < -0.4 is 26.6 Å². The molecule has 1 heterocycles. The summed E-state index contributed by atoms with van der Waals surface area (Å²) in [5.74, 6) is 0.210. The number of likely N-dealkylation sites (N-methyl/N-ethyl adjacent to an activating group) is 1. The van der Waals surface area contributed by atoms with Gasteiger partial charge in [0.15, 0.2) is 12.3 Å². The maximum atomic E-state index is 12.8. The Labute approximate surface area is 163 Å². The summed E-state index contributed by atoms with van der Waals surface area (Å²) >= 11 is 0. The highest BCUT2D eigenvalue weighted by Gasteiger charge is 2.23. The average molecular weight is 388 g/mol. The molecule has 0 fully saturated rings. The third kappa shape index (κ3) is 4.62. The zero-order valence-electron chi connectivity index (χ0n) is 16.7. The first-order chi connectivity index (χ1) is 13.4. The van der Waals surface area contributed by atoms with Gasteiger partial charge in [0, 0.05) is 13.1 Å². The van der Waals surface area contributed by atoms with Crippen molar-refractivity contribution in [2.75, 3.05) is 23.8 Å². The van der Waals surface area contributed by atoms with Gasteiger partial charge in [0.1, 0.15) is 11.6 Å². The molecule has 0 spiro atoms. The van der Waals surface area contributed by atoms with E-state index >= 15 is 0 Å². The van der Waals surface area contributed by atoms with E-state index in [2.05, 4.69) is 4.98 Å². The number of hydrogen-bond acceptors (Lipinski definition) is 5. The van der Waals surface area contributed by atoms with Crippen LogP contribution in [0.1, 0.15) is 39.2 Å². The van der Waals surface area contributed by atoms with Crippen molar-refractivity contribution >= 4 is 17.4 Å². The molecule has 28 heavy (non-hydrogen) atoms. The molecule has 152 valence electrons. The summed E-state index contributed by atoms with van der Waals surface area (Å²) in [5.41, 5.74) is 5.82. The molecular weight excluding hydrogens is 360 g/mol. The number of amides is 1. The van der Waals surface area contributed by atoms with Gasteiger partial charge in [0.25, 0.3) is 11.5 Å². The molecule has 3 N–H and O–H groups in total. The van der Waals surface area contributed by atoms with Gasteiger partial charge < -0.3 is 15.4 Å². The molecule has 0 bridgehead atoms. The molecular formula is C20H28N4O4. The standard InChI is InChI=1S/C20H28N4O4/c1-4-7-12-24-18(21)17(19(26)22-20(24)27)23(6-3)16(25)13-28-15-11-9-8-10-14(15)5-2/h8-11H,4-7,12-13,21H2,1-3H3,(H,22,26,27). The number of anilines is 2. The Balaban J connectivity index is 2.30. The van der Waals surface area contributed by atoms with Crippen LogP contribution in [0, 0.1) is 0 Å². The molecule has 0 atom stereocenters. The molecule has 0 saturated heterocycles. The van der Waals surface area contributed by atoms with Gasteiger partial charge >= 0.3 is 5.69 Å². The minimum atomic E-state index is -0.681. The van der Waals surface area contributed by atoms with Crippen molar-refractivity contribution in [3.05, 3.63) is 50.7 Å². The van der Waals surface area contributed by atoms with Gasteiger partial charge in [-0.3, -0.25) is 19.1 Å². The van der Waals surface area contributed by atoms with E-state index in [1.807, 2.05) is 32.0 Å². The van der Waals surface area contributed by atoms with Crippen molar-refractivity contribution in [1.82, 2.24) is 9.55 Å². The van der Waals surface area contributed by atoms with Gasteiger partial charge in [0.2, 0.25) is 0 Å². The number of benzene rings is 1. The minimum absolute atomic E-state index is 0.00800. The Morgan fingerprint density at radius 2 is 1.93 bits per heavy atom. The van der Waals surface area contributed by atoms with Crippen molar-refractivity contribution in [3.8, 4) is 5.75 Å². The quantitative estimate of drug-likeness (QED) is 0.682. The van der Waals surface area contributed by atoms with E-state index in [1.165, 1.54) is 9.47 Å². The number of aryl methyl sites for hydroxylation is 1. The lowest BCUT2D eigenvalue weighted by Gasteiger charge is -2.23. The zero-order chi connectivity index (χ0) is 20.7. The summed E-state index contributed by atoms with van der Waals surface area (Å²) in [6.45, 7) is 6.08. The zero-order valence-corrected chi connectivity index (χ0v) is 16.7. The summed E-state index contributed by atoms with van der Waals surface area (Å²) in [5, 5.41) is 0. The summed E-state index contributed by atoms with van der Waals surface area (Å²) < 4.78 is 6.97. The van der Waals surface area contributed by atoms with Crippen molar-refractivity contribution < 1.29 is 9.53 Å². The number of hydrogen-bond donors (Lipinski definition) is 2. The Morgan fingerprint density at radius 3 is 2.57 bits per heavy atom. The first-order valence-corrected chi connectivity index (χ1v) is 9.58. The van der Waals surface area contributed by atoms with E-state index in [4.69, 9.17) is 10.5 Å². The van der Waals surface area contributed by atoms with Crippen LogP contribution in [-0.4, -0.2) is 28.6 Å². The van der Waals surface area contributed by atoms with E-state index in [1.54, 1.807) is 13.0 Å². The van der Waals surface area contributed by atoms with E-state index in [9.17, 15) is 14.4 Å². The Kier molecular flexibility index (Phi) is 7.43. The minimum Gasteiger partial charge on any atom is -0.483 e. The third-order valence-corrected chi connectivity index (χ3v) is 4.54. The SMILES string of the molecule is CCCCn1c(N)c(N(CC)C(=O)COc2ccccc2CC)c(=O)[nH]c1=O. The number of carbonyl (C=O) groups is 1. The van der Waals surface area contributed by atoms with Crippen LogP contribution in [0.5, 0.6) is 5.75 Å². The maximum Gasteiger partial charge on any atom is 0.330 e. The second-order valence-electron chi connectivity index (χ2n) is 6.39. The van der Waals surface area contributed by atoms with Crippen LogP contribution in [0.3, 0.4) is 0 Å². The van der Waals surface area contributed by atoms with Crippen molar-refractivity contribution in [1.29, 1.82) is 0 Å². The summed E-state index contributed by atoms with van der Waals surface area (Å²) in [4.78, 5) is 40.7. The van der Waals surface area contributed by atoms with Crippen LogP contribution >= 0.6 is 0 Å². The van der Waals surface area contributed by atoms with Gasteiger partial charge in [-0.2, -0.15) is 0 Å². The Bertz CT molecular complexity index is 933. The first kappa shape index (κ1) is 21.3. The van der Waals surface area contributed by atoms with E-state index in [0.29, 0.717) is 12.3 Å². The van der Waals surface area contributed by atoms with E-state index in [0.717, 1.165) is 24.8 Å². The molecule has 0 radical (unpaired) electrons. The van der Waals surface area contributed by atoms with Crippen molar-refractivity contribution in [2.45, 2.75) is 46.6 Å². The lowest BCUT2D eigenvalue weighted by Crippen LogP contribution is -2.42. The molecule has 1 aromatic heterocycles. The molecule has 0 saturated carbocycles. The van der Waals surface area contributed by atoms with Gasteiger partial charge in [-0.25, -0.2) is 4.79 Å². The van der Waals surface area contributed by atoms with E-state index < -0.39 is 17.2 Å². The smallest absolute Gasteiger partial charge is 0.330 e. The van der Waals surface area contributed by atoms with Crippen LogP contribution in [0.4, 0.5) is 11.5 Å². The molecule has 0 aliphatic rings. The number of nitrogens with one attached hydrogen (secondary N) is 1. The fourth-order valence-corrected chi connectivity index (χ4v) is 2.99. The van der Waals surface area contributed by atoms with Gasteiger partial charge in [-0.1, -0.05) is 38.5 Å². The monoisotopic (exact) mass is 388 g/mol. The number of aromatic amines is 1. The van der Waals surface area contributed by atoms with Gasteiger partial charge in [-0.15, -0.1) is 0 Å². The number of H-pyrrole nitrogens is 1. The maximum absolute atomic E-state index is 12.8. The van der Waals surface area contributed by atoms with Crippen molar-refractivity contribution in [2.24, 2.45) is 0 Å². The number of nitrogens with two attached hydrogens (primary N) is 1. The first-order valence-electron chi connectivity index (χ1n) is 9.58. The molecule has 0 aliphatic carbocycles. The number of rotatable bonds is 9. The largest absolute Gasteiger partial charge is 0.483 e. The lowest BCUT2D eigenvalue weighted by molar-refractivity contribution is -0.120. The molecule has 0 aliphatic heterocycles. The van der Waals surface area contributed by atoms with Gasteiger partial charge in [0.05, 0.1) is 0 Å². The molecule has 1 aromatic carbocycles. The number of ether oxygens (including phenoxy) is 1. The average Bonchev–Trinajstić information content (AvgIpc) is 2.69. The molecule has 8 nitrogen and oxygen atoms in total. The fraction of sp³-hybridized carbons (Fsp3) is 0.450. The van der Waals surface area contributed by atoms with Crippen LogP contribution in [0.2, 0.25) is 0 Å². The topological polar surface area (TPSA) is 110 Å². The van der Waals surface area contributed by atoms with Crippen LogP contribution in [0.25, 0.3) is 0 Å². The third-order valence-electron chi connectivity index (χ3n) is 4.54. The number of nitrogen functional groups attached to an aromatic ring is 1. The number of nitrogens with zero attached hydrogens (tertiary/aromatic N) is 2. The molecule has 2 rings (SSSR count). The summed E-state index contributed by atoms with van der Waals surface area (Å²) in [7, 11) is 0. The number of unbranched alkanes of at least 4 members (excludes halogenated alkanes) is 1. The number of aromatic nitrogens is 2. The summed E-state index contributed by atoms with van der Waals surface area (Å²) in [6.07, 6.45) is 2.37. The predicted molar refractivity (Wildman–Crippen MR) is 110 cm³/mol. The molecule has 8 heteroatoms. The second kappa shape index (κ2) is 9.77. The fourth-order valence-electron chi connectivity index (χ4n) is 2.99. The Hall–Kier alpha value is -3.03. The summed E-state index contributed by atoms with van der Waals surface area (Å²) in [6, 6.07) is 7.48. The van der Waals surface area contributed by atoms with E-state index in [-0.39, 0.29) is 24.7 Å². The second-order valence-corrected chi connectivity index (χ2v) is 6.39. The highest BCUT2D eigenvalue weighted by atomic mass is 16.5. The van der Waals surface area contributed by atoms with Gasteiger partial charge in [-0.05, 0) is 31.4 Å². The highest BCUT2D eigenvalue weighted by molar-refractivity contribution is 5.96. The molecule has 2 aromatic rings. The molecule has 1 amide bonds. The van der Waals surface area contributed by atoms with Crippen LogP contribution in [0.15, 0.2) is 33.9 Å². The lowest BCUT2D eigenvalue weighted by atomic mass is 10.1. The number of para-hydroxylation sites is 1. The predicted octanol–water partition coefficient (Wildman–Crippen LogP) is 1.91.